The fourth-order valence-corrected chi connectivity index (χ4v) is 3.41. The highest BCUT2D eigenvalue weighted by molar-refractivity contribution is 6.07. The lowest BCUT2D eigenvalue weighted by Crippen LogP contribution is -2.26. The van der Waals surface area contributed by atoms with Crippen LogP contribution in [0.4, 0.5) is 0 Å². The number of hydrogen-bond acceptors (Lipinski definition) is 6. The van der Waals surface area contributed by atoms with Gasteiger partial charge in [-0.25, -0.2) is 0 Å². The van der Waals surface area contributed by atoms with Crippen molar-refractivity contribution in [3.63, 3.8) is 0 Å². The highest BCUT2D eigenvalue weighted by atomic mass is 16.5. The molecule has 0 fully saturated rings. The standard InChI is InChI=1S/C32H42O6/c1-11-21-19-22(12-2)28(38-30(35)32(8,9)10)25(27(21)36-20(3)4)17-18-26(33)23-13-15-24(16-14-23)37-29(34)31(5,6)7/h13-20H,11-12H2,1-10H3. The van der Waals surface area contributed by atoms with E-state index in [-0.39, 0.29) is 23.8 Å². The van der Waals surface area contributed by atoms with Gasteiger partial charge in [0.2, 0.25) is 0 Å². The Kier molecular flexibility index (Phi) is 10.1. The van der Waals surface area contributed by atoms with E-state index in [4.69, 9.17) is 14.2 Å². The van der Waals surface area contributed by atoms with Crippen LogP contribution in [0.2, 0.25) is 0 Å². The Hall–Kier alpha value is -3.41. The van der Waals surface area contributed by atoms with Gasteiger partial charge in [-0.1, -0.05) is 13.8 Å². The second kappa shape index (κ2) is 12.4. The molecule has 6 heteroatoms. The Morgan fingerprint density at radius 3 is 1.76 bits per heavy atom. The van der Waals surface area contributed by atoms with Crippen LogP contribution in [-0.4, -0.2) is 23.8 Å². The number of carbonyl (C=O) groups is 3. The lowest BCUT2D eigenvalue weighted by molar-refractivity contribution is -0.143. The molecule has 0 saturated heterocycles. The minimum absolute atomic E-state index is 0.120. The summed E-state index contributed by atoms with van der Waals surface area (Å²) in [7, 11) is 0. The summed E-state index contributed by atoms with van der Waals surface area (Å²) in [5.41, 5.74) is 1.50. The highest BCUT2D eigenvalue weighted by Gasteiger charge is 2.28. The molecule has 0 radical (unpaired) electrons. The van der Waals surface area contributed by atoms with Gasteiger partial charge in [-0.2, -0.15) is 0 Å². The number of esters is 2. The topological polar surface area (TPSA) is 78.9 Å². The number of rotatable bonds is 9. The molecule has 0 spiro atoms. The Morgan fingerprint density at radius 2 is 1.29 bits per heavy atom. The van der Waals surface area contributed by atoms with Crippen molar-refractivity contribution in [3.05, 3.63) is 58.7 Å². The summed E-state index contributed by atoms with van der Waals surface area (Å²) in [5, 5.41) is 0. The molecule has 0 bridgehead atoms. The van der Waals surface area contributed by atoms with E-state index in [9.17, 15) is 14.4 Å². The molecule has 38 heavy (non-hydrogen) atoms. The summed E-state index contributed by atoms with van der Waals surface area (Å²) in [6, 6.07) is 8.44. The van der Waals surface area contributed by atoms with Crippen LogP contribution >= 0.6 is 0 Å². The Labute approximate surface area is 227 Å². The van der Waals surface area contributed by atoms with Gasteiger partial charge in [0, 0.05) is 5.56 Å². The zero-order valence-corrected chi connectivity index (χ0v) is 24.5. The minimum atomic E-state index is -0.706. The van der Waals surface area contributed by atoms with Gasteiger partial charge in [-0.3, -0.25) is 14.4 Å². The molecule has 0 unspecified atom stereocenters. The van der Waals surface area contributed by atoms with Crippen LogP contribution < -0.4 is 14.2 Å². The first-order chi connectivity index (χ1) is 17.6. The van der Waals surface area contributed by atoms with Crippen molar-refractivity contribution in [3.8, 4) is 17.2 Å². The van der Waals surface area contributed by atoms with E-state index in [0.717, 1.165) is 11.1 Å². The van der Waals surface area contributed by atoms with E-state index in [1.807, 2.05) is 33.8 Å². The number of ketones is 1. The molecule has 2 aromatic carbocycles. The predicted octanol–water partition coefficient (Wildman–Crippen LogP) is 7.40. The maximum absolute atomic E-state index is 13.1. The van der Waals surface area contributed by atoms with E-state index in [1.54, 1.807) is 71.9 Å². The fourth-order valence-electron chi connectivity index (χ4n) is 3.41. The zero-order valence-electron chi connectivity index (χ0n) is 24.5. The zero-order chi connectivity index (χ0) is 28.8. The molecule has 0 N–H and O–H groups in total. The van der Waals surface area contributed by atoms with Crippen LogP contribution in [0.15, 0.2) is 36.4 Å². The van der Waals surface area contributed by atoms with Gasteiger partial charge in [0.25, 0.3) is 0 Å². The van der Waals surface area contributed by atoms with Crippen LogP contribution in [0.3, 0.4) is 0 Å². The number of aryl methyl sites for hydroxylation is 2. The second-order valence-electron chi connectivity index (χ2n) is 11.6. The van der Waals surface area contributed by atoms with Gasteiger partial charge < -0.3 is 14.2 Å². The van der Waals surface area contributed by atoms with Gasteiger partial charge in [0.1, 0.15) is 17.2 Å². The van der Waals surface area contributed by atoms with Gasteiger partial charge in [-0.15, -0.1) is 0 Å². The summed E-state index contributed by atoms with van der Waals surface area (Å²) in [6.07, 6.45) is 4.35. The number of hydrogen-bond donors (Lipinski definition) is 0. The maximum Gasteiger partial charge on any atom is 0.316 e. The normalized spacial score (nSPS) is 12.1. The smallest absolute Gasteiger partial charge is 0.316 e. The first-order valence-electron chi connectivity index (χ1n) is 13.2. The van der Waals surface area contributed by atoms with Crippen molar-refractivity contribution < 1.29 is 28.6 Å². The fraction of sp³-hybridized carbons (Fsp3) is 0.469. The van der Waals surface area contributed by atoms with Crippen molar-refractivity contribution >= 4 is 23.8 Å². The average molecular weight is 523 g/mol. The van der Waals surface area contributed by atoms with E-state index >= 15 is 0 Å². The Balaban J connectivity index is 2.52. The largest absolute Gasteiger partial charge is 0.490 e. The first-order valence-corrected chi connectivity index (χ1v) is 13.2. The molecule has 0 atom stereocenters. The van der Waals surface area contributed by atoms with E-state index < -0.39 is 10.8 Å². The third-order valence-electron chi connectivity index (χ3n) is 5.71. The van der Waals surface area contributed by atoms with Gasteiger partial charge in [-0.05, 0) is 122 Å². The third-order valence-corrected chi connectivity index (χ3v) is 5.71. The highest BCUT2D eigenvalue weighted by Crippen LogP contribution is 2.39. The number of ether oxygens (including phenoxy) is 3. The van der Waals surface area contributed by atoms with E-state index in [1.165, 1.54) is 6.08 Å². The van der Waals surface area contributed by atoms with Crippen molar-refractivity contribution in [1.82, 2.24) is 0 Å². The molecule has 0 saturated carbocycles. The molecule has 0 aromatic heterocycles. The summed E-state index contributed by atoms with van der Waals surface area (Å²) < 4.78 is 17.5. The minimum Gasteiger partial charge on any atom is -0.490 e. The molecule has 0 aliphatic carbocycles. The summed E-state index contributed by atoms with van der Waals surface area (Å²) in [5.74, 6) is 0.418. The van der Waals surface area contributed by atoms with Crippen LogP contribution in [-0.2, 0) is 22.4 Å². The van der Waals surface area contributed by atoms with Gasteiger partial charge in [0.05, 0.1) is 22.5 Å². The number of allylic oxidation sites excluding steroid dienone is 1. The number of carbonyl (C=O) groups excluding carboxylic acids is 3. The van der Waals surface area contributed by atoms with Crippen LogP contribution in [0.1, 0.15) is 96.3 Å². The molecule has 0 aliphatic heterocycles. The lowest BCUT2D eigenvalue weighted by Gasteiger charge is -2.23. The molecular formula is C32H42O6. The molecule has 0 heterocycles. The van der Waals surface area contributed by atoms with Gasteiger partial charge in [0.15, 0.2) is 5.78 Å². The SMILES string of the molecule is CCc1cc(CC)c(OC(C)C)c(C=CC(=O)c2ccc(OC(=O)C(C)(C)C)cc2)c1OC(=O)C(C)(C)C. The van der Waals surface area contributed by atoms with Crippen molar-refractivity contribution in [2.45, 2.75) is 88.2 Å². The lowest BCUT2D eigenvalue weighted by atomic mass is 9.95. The molecule has 6 nitrogen and oxygen atoms in total. The second-order valence-corrected chi connectivity index (χ2v) is 11.6. The quantitative estimate of drug-likeness (QED) is 0.148. The monoisotopic (exact) mass is 522 g/mol. The Bertz CT molecular complexity index is 1190. The van der Waals surface area contributed by atoms with Crippen molar-refractivity contribution in [1.29, 1.82) is 0 Å². The molecule has 0 amide bonds. The maximum atomic E-state index is 13.1. The third kappa shape index (κ3) is 8.04. The first kappa shape index (κ1) is 30.8. The molecule has 206 valence electrons. The van der Waals surface area contributed by atoms with E-state index in [0.29, 0.717) is 41.2 Å². The summed E-state index contributed by atoms with van der Waals surface area (Å²) >= 11 is 0. The van der Waals surface area contributed by atoms with Crippen LogP contribution in [0.25, 0.3) is 6.08 Å². The van der Waals surface area contributed by atoms with Crippen LogP contribution in [0, 0.1) is 10.8 Å². The summed E-state index contributed by atoms with van der Waals surface area (Å²) in [4.78, 5) is 38.1. The Morgan fingerprint density at radius 1 is 0.789 bits per heavy atom. The predicted molar refractivity (Wildman–Crippen MR) is 151 cm³/mol. The molecule has 2 aromatic rings. The van der Waals surface area contributed by atoms with Crippen molar-refractivity contribution in [2.24, 2.45) is 10.8 Å². The molecule has 0 aliphatic rings. The van der Waals surface area contributed by atoms with Gasteiger partial charge >= 0.3 is 11.9 Å². The number of benzene rings is 2. The van der Waals surface area contributed by atoms with Crippen LogP contribution in [0.5, 0.6) is 17.2 Å². The molecule has 2 rings (SSSR count). The summed E-state index contributed by atoms with van der Waals surface area (Å²) in [6.45, 7) is 18.6. The molecular weight excluding hydrogens is 480 g/mol. The van der Waals surface area contributed by atoms with E-state index in [2.05, 4.69) is 0 Å². The average Bonchev–Trinajstić information content (AvgIpc) is 2.82. The van der Waals surface area contributed by atoms with Crippen molar-refractivity contribution in [2.75, 3.05) is 0 Å².